The zero-order valence-electron chi connectivity index (χ0n) is 14.9. The van der Waals surface area contributed by atoms with Crippen LogP contribution in [-0.2, 0) is 0 Å². The van der Waals surface area contributed by atoms with Crippen LogP contribution < -0.4 is 5.43 Å². The molecule has 0 radical (unpaired) electrons. The van der Waals surface area contributed by atoms with Crippen molar-refractivity contribution in [1.82, 2.24) is 4.57 Å². The van der Waals surface area contributed by atoms with Crippen LogP contribution in [0, 0.1) is 0 Å². The third kappa shape index (κ3) is 1.96. The second-order valence-electron chi connectivity index (χ2n) is 6.95. The normalized spacial score (nSPS) is 11.7. The van der Waals surface area contributed by atoms with Crippen molar-refractivity contribution in [3.05, 3.63) is 101 Å². The highest BCUT2D eigenvalue weighted by Gasteiger charge is 2.18. The molecule has 0 aliphatic heterocycles. The lowest BCUT2D eigenvalue weighted by atomic mass is 10.1. The molecule has 0 saturated heterocycles. The van der Waals surface area contributed by atoms with Gasteiger partial charge in [-0.3, -0.25) is 4.79 Å². The van der Waals surface area contributed by atoms with Gasteiger partial charge in [0.15, 0.2) is 0 Å². The predicted octanol–water partition coefficient (Wildman–Crippen LogP) is 6.04. The van der Waals surface area contributed by atoms with Gasteiger partial charge < -0.3 is 8.98 Å². The molecule has 6 rings (SSSR count). The third-order valence-corrected chi connectivity index (χ3v) is 5.39. The summed E-state index contributed by atoms with van der Waals surface area (Å²) < 4.78 is 8.30. The molecule has 0 aliphatic carbocycles. The standard InChI is InChI=1S/C25H15NO2/c27-25-18-11-5-7-13-21(18)28-22-15-14-20-23(24(22)25)17-10-4-6-12-19(17)26(20)16-8-2-1-3-9-16/h1-15H. The average molecular weight is 361 g/mol. The van der Waals surface area contributed by atoms with E-state index in [1.54, 1.807) is 0 Å². The number of hydrogen-bond acceptors (Lipinski definition) is 2. The summed E-state index contributed by atoms with van der Waals surface area (Å²) in [7, 11) is 0. The van der Waals surface area contributed by atoms with Crippen LogP contribution >= 0.6 is 0 Å². The molecular formula is C25H15NO2. The maximum absolute atomic E-state index is 13.4. The molecule has 28 heavy (non-hydrogen) atoms. The quantitative estimate of drug-likeness (QED) is 0.335. The Kier molecular flexibility index (Phi) is 3.03. The van der Waals surface area contributed by atoms with E-state index >= 15 is 0 Å². The van der Waals surface area contributed by atoms with E-state index in [4.69, 9.17) is 4.42 Å². The van der Waals surface area contributed by atoms with E-state index in [1.165, 1.54) is 0 Å². The fourth-order valence-electron chi connectivity index (χ4n) is 4.20. The zero-order chi connectivity index (χ0) is 18.7. The third-order valence-electron chi connectivity index (χ3n) is 5.39. The van der Waals surface area contributed by atoms with Crippen LogP contribution in [0.3, 0.4) is 0 Å². The Labute approximate surface area is 160 Å². The minimum atomic E-state index is 0.0124. The Bertz CT molecular complexity index is 1570. The van der Waals surface area contributed by atoms with Crippen LogP contribution in [0.2, 0.25) is 0 Å². The first kappa shape index (κ1) is 15.2. The minimum absolute atomic E-state index is 0.0124. The Morgan fingerprint density at radius 1 is 0.571 bits per heavy atom. The first-order valence-corrected chi connectivity index (χ1v) is 9.26. The van der Waals surface area contributed by atoms with Crippen LogP contribution in [0.4, 0.5) is 0 Å². The minimum Gasteiger partial charge on any atom is -0.456 e. The van der Waals surface area contributed by atoms with Crippen molar-refractivity contribution in [2.24, 2.45) is 0 Å². The molecule has 0 unspecified atom stereocenters. The van der Waals surface area contributed by atoms with Gasteiger partial charge in [0.1, 0.15) is 11.2 Å². The number of hydrogen-bond donors (Lipinski definition) is 0. The van der Waals surface area contributed by atoms with Gasteiger partial charge in [0, 0.05) is 16.5 Å². The molecule has 2 aromatic heterocycles. The number of para-hydroxylation sites is 3. The molecule has 6 aromatic rings. The smallest absolute Gasteiger partial charge is 0.201 e. The lowest BCUT2D eigenvalue weighted by molar-refractivity contribution is 0.660. The SMILES string of the molecule is O=c1c2ccccc2oc2ccc3c(c4ccccc4n3-c3ccccc3)c12. The zero-order valence-corrected chi connectivity index (χ0v) is 14.9. The lowest BCUT2D eigenvalue weighted by Gasteiger charge is -2.08. The fourth-order valence-corrected chi connectivity index (χ4v) is 4.20. The summed E-state index contributed by atoms with van der Waals surface area (Å²) in [6.45, 7) is 0. The van der Waals surface area contributed by atoms with Gasteiger partial charge in [-0.05, 0) is 42.5 Å². The van der Waals surface area contributed by atoms with Crippen molar-refractivity contribution in [2.75, 3.05) is 0 Å². The highest BCUT2D eigenvalue weighted by molar-refractivity contribution is 6.21. The summed E-state index contributed by atoms with van der Waals surface area (Å²) >= 11 is 0. The van der Waals surface area contributed by atoms with Crippen molar-refractivity contribution in [1.29, 1.82) is 0 Å². The molecule has 3 heteroatoms. The highest BCUT2D eigenvalue weighted by atomic mass is 16.3. The molecule has 0 saturated carbocycles. The molecule has 0 atom stereocenters. The van der Waals surface area contributed by atoms with Crippen LogP contribution in [0.25, 0.3) is 49.4 Å². The van der Waals surface area contributed by atoms with E-state index in [-0.39, 0.29) is 5.43 Å². The monoisotopic (exact) mass is 361 g/mol. The van der Waals surface area contributed by atoms with Gasteiger partial charge in [0.05, 0.1) is 21.8 Å². The van der Waals surface area contributed by atoms with Crippen molar-refractivity contribution in [2.45, 2.75) is 0 Å². The molecule has 0 amide bonds. The summed E-state index contributed by atoms with van der Waals surface area (Å²) in [5, 5.41) is 3.24. The van der Waals surface area contributed by atoms with E-state index in [1.807, 2.05) is 66.7 Å². The maximum atomic E-state index is 13.4. The Hall–Kier alpha value is -3.85. The van der Waals surface area contributed by atoms with Gasteiger partial charge in [-0.25, -0.2) is 0 Å². The molecule has 0 bridgehead atoms. The Morgan fingerprint density at radius 2 is 1.29 bits per heavy atom. The number of fused-ring (bicyclic) bond motifs is 6. The van der Waals surface area contributed by atoms with Gasteiger partial charge in [0.25, 0.3) is 0 Å². The van der Waals surface area contributed by atoms with Crippen molar-refractivity contribution in [3.63, 3.8) is 0 Å². The first-order valence-electron chi connectivity index (χ1n) is 9.26. The van der Waals surface area contributed by atoms with Gasteiger partial charge in [0.2, 0.25) is 5.43 Å². The first-order chi connectivity index (χ1) is 13.8. The molecule has 0 N–H and O–H groups in total. The van der Waals surface area contributed by atoms with Gasteiger partial charge in [-0.1, -0.05) is 48.5 Å². The van der Waals surface area contributed by atoms with Crippen LogP contribution in [0.1, 0.15) is 0 Å². The van der Waals surface area contributed by atoms with Crippen molar-refractivity contribution >= 4 is 43.7 Å². The summed E-state index contributed by atoms with van der Waals surface area (Å²) in [6, 6.07) is 29.8. The number of benzene rings is 4. The van der Waals surface area contributed by atoms with Gasteiger partial charge >= 0.3 is 0 Å². The molecule has 3 nitrogen and oxygen atoms in total. The number of aromatic nitrogens is 1. The molecule has 0 fully saturated rings. The molecule has 2 heterocycles. The second kappa shape index (κ2) is 5.57. The van der Waals surface area contributed by atoms with Gasteiger partial charge in [-0.15, -0.1) is 0 Å². The van der Waals surface area contributed by atoms with Crippen LogP contribution in [0.15, 0.2) is 100 Å². The summed E-state index contributed by atoms with van der Waals surface area (Å²) in [6.07, 6.45) is 0. The van der Waals surface area contributed by atoms with E-state index in [0.717, 1.165) is 27.5 Å². The molecule has 0 aliphatic rings. The van der Waals surface area contributed by atoms with E-state index in [9.17, 15) is 4.79 Å². The lowest BCUT2D eigenvalue weighted by Crippen LogP contribution is -2.02. The predicted molar refractivity (Wildman–Crippen MR) is 114 cm³/mol. The fraction of sp³-hybridized carbons (Fsp3) is 0. The van der Waals surface area contributed by atoms with E-state index < -0.39 is 0 Å². The number of nitrogens with zero attached hydrogens (tertiary/aromatic N) is 1. The summed E-state index contributed by atoms with van der Waals surface area (Å²) in [5.74, 6) is 0. The Morgan fingerprint density at radius 3 is 2.14 bits per heavy atom. The van der Waals surface area contributed by atoms with Crippen molar-refractivity contribution in [3.8, 4) is 5.69 Å². The summed E-state index contributed by atoms with van der Waals surface area (Å²) in [5.41, 5.74) is 4.39. The average Bonchev–Trinajstić information content (AvgIpc) is 3.09. The number of rotatable bonds is 1. The van der Waals surface area contributed by atoms with Gasteiger partial charge in [-0.2, -0.15) is 0 Å². The Balaban J connectivity index is 1.91. The van der Waals surface area contributed by atoms with Crippen LogP contribution in [0.5, 0.6) is 0 Å². The van der Waals surface area contributed by atoms with Crippen LogP contribution in [-0.4, -0.2) is 4.57 Å². The molecule has 132 valence electrons. The molecule has 0 spiro atoms. The topological polar surface area (TPSA) is 35.1 Å². The van der Waals surface area contributed by atoms with E-state index in [0.29, 0.717) is 21.9 Å². The largest absolute Gasteiger partial charge is 0.456 e. The maximum Gasteiger partial charge on any atom is 0.201 e. The summed E-state index contributed by atoms with van der Waals surface area (Å²) in [4.78, 5) is 13.4. The van der Waals surface area contributed by atoms with E-state index in [2.05, 4.69) is 28.8 Å². The van der Waals surface area contributed by atoms with Crippen molar-refractivity contribution < 1.29 is 4.42 Å². The second-order valence-corrected chi connectivity index (χ2v) is 6.95. The molecule has 4 aromatic carbocycles. The highest BCUT2D eigenvalue weighted by Crippen LogP contribution is 2.36. The molecular weight excluding hydrogens is 346 g/mol.